The van der Waals surface area contributed by atoms with Gasteiger partial charge in [-0.15, -0.1) is 0 Å². The molecule has 0 aromatic rings. The third-order valence-electron chi connectivity index (χ3n) is 3.29. The summed E-state index contributed by atoms with van der Waals surface area (Å²) in [6.45, 7) is -0.0248. The number of ketones is 2. The summed E-state index contributed by atoms with van der Waals surface area (Å²) in [7, 11) is 0. The highest BCUT2D eigenvalue weighted by Crippen LogP contribution is 2.10. The van der Waals surface area contributed by atoms with E-state index in [1.165, 1.54) is 0 Å². The van der Waals surface area contributed by atoms with Crippen molar-refractivity contribution in [1.29, 1.82) is 0 Å². The van der Waals surface area contributed by atoms with Gasteiger partial charge in [0.2, 0.25) is 0 Å². The lowest BCUT2D eigenvalue weighted by atomic mass is 10.0. The Hall–Kier alpha value is -0.820. The monoisotopic (exact) mass is 288 g/mol. The van der Waals surface area contributed by atoms with E-state index in [0.29, 0.717) is 12.8 Å². The van der Waals surface area contributed by atoms with Crippen molar-refractivity contribution in [2.75, 3.05) is 13.1 Å². The van der Waals surface area contributed by atoms with E-state index in [9.17, 15) is 19.8 Å². The molecular weight excluding hydrogens is 260 g/mol. The number of unbranched alkanes of at least 4 members (excludes halogenated alkanes) is 5. The van der Waals surface area contributed by atoms with Crippen molar-refractivity contribution in [2.45, 2.75) is 63.6 Å². The molecule has 0 aromatic heterocycles. The minimum Gasteiger partial charge on any atom is -0.384 e. The summed E-state index contributed by atoms with van der Waals surface area (Å²) in [5.74, 6) is -0.372. The lowest BCUT2D eigenvalue weighted by Crippen LogP contribution is -2.28. The molecule has 0 radical (unpaired) electrons. The third-order valence-corrected chi connectivity index (χ3v) is 3.29. The largest absolute Gasteiger partial charge is 0.384 e. The Morgan fingerprint density at radius 3 is 1.30 bits per heavy atom. The van der Waals surface area contributed by atoms with Gasteiger partial charge in [0.1, 0.15) is 12.2 Å². The second-order valence-corrected chi connectivity index (χ2v) is 5.06. The standard InChI is InChI=1S/C14H28N2O4/c15-9-13(19)11(17)7-5-3-1-2-4-6-8-12(18)14(20)10-16/h13-14,19-20H,1-10,15-16H2. The van der Waals surface area contributed by atoms with Gasteiger partial charge in [-0.25, -0.2) is 0 Å². The number of aliphatic hydroxyl groups is 2. The SMILES string of the molecule is NCC(O)C(=O)CCCCCCCCC(=O)C(O)CN. The number of aliphatic hydroxyl groups excluding tert-OH is 2. The van der Waals surface area contributed by atoms with Crippen LogP contribution < -0.4 is 11.5 Å². The van der Waals surface area contributed by atoms with Gasteiger partial charge in [0.05, 0.1) is 0 Å². The topological polar surface area (TPSA) is 127 Å². The fourth-order valence-electron chi connectivity index (χ4n) is 1.90. The van der Waals surface area contributed by atoms with Gasteiger partial charge in [0.15, 0.2) is 11.6 Å². The van der Waals surface area contributed by atoms with Crippen LogP contribution in [0.1, 0.15) is 51.4 Å². The molecule has 0 heterocycles. The molecule has 0 spiro atoms. The van der Waals surface area contributed by atoms with Crippen LogP contribution in [0.5, 0.6) is 0 Å². The Labute approximate surface area is 120 Å². The average molecular weight is 288 g/mol. The van der Waals surface area contributed by atoms with E-state index >= 15 is 0 Å². The van der Waals surface area contributed by atoms with Crippen LogP contribution in [0.25, 0.3) is 0 Å². The summed E-state index contributed by atoms with van der Waals surface area (Å²) in [5.41, 5.74) is 10.4. The molecule has 118 valence electrons. The van der Waals surface area contributed by atoms with Crippen molar-refractivity contribution >= 4 is 11.6 Å². The number of carbonyl (C=O) groups excluding carboxylic acids is 2. The minimum atomic E-state index is -1.02. The lowest BCUT2D eigenvalue weighted by Gasteiger charge is -2.07. The molecule has 2 unspecified atom stereocenters. The molecule has 0 amide bonds. The van der Waals surface area contributed by atoms with E-state index in [2.05, 4.69) is 0 Å². The third kappa shape index (κ3) is 9.14. The van der Waals surface area contributed by atoms with Gasteiger partial charge in [-0.3, -0.25) is 9.59 Å². The van der Waals surface area contributed by atoms with E-state index in [0.717, 1.165) is 38.5 Å². The van der Waals surface area contributed by atoms with E-state index < -0.39 is 12.2 Å². The van der Waals surface area contributed by atoms with E-state index in [1.54, 1.807) is 0 Å². The number of Topliss-reactive ketones (excluding diaryl/α,β-unsaturated/α-hetero) is 2. The predicted molar refractivity (Wildman–Crippen MR) is 77.1 cm³/mol. The normalized spacial score (nSPS) is 14.0. The summed E-state index contributed by atoms with van der Waals surface area (Å²) in [6, 6.07) is 0. The highest BCUT2D eigenvalue weighted by Gasteiger charge is 2.12. The van der Waals surface area contributed by atoms with Gasteiger partial charge < -0.3 is 21.7 Å². The van der Waals surface area contributed by atoms with E-state index in [4.69, 9.17) is 11.5 Å². The number of hydrogen-bond acceptors (Lipinski definition) is 6. The van der Waals surface area contributed by atoms with Crippen molar-refractivity contribution in [3.63, 3.8) is 0 Å². The maximum atomic E-state index is 11.3. The van der Waals surface area contributed by atoms with Crippen LogP contribution in [0, 0.1) is 0 Å². The Balaban J connectivity index is 3.37. The fraction of sp³-hybridized carbons (Fsp3) is 0.857. The Morgan fingerprint density at radius 2 is 1.00 bits per heavy atom. The van der Waals surface area contributed by atoms with Crippen molar-refractivity contribution in [3.05, 3.63) is 0 Å². The Kier molecular flexibility index (Phi) is 11.5. The van der Waals surface area contributed by atoms with Crippen molar-refractivity contribution in [1.82, 2.24) is 0 Å². The van der Waals surface area contributed by atoms with Crippen LogP contribution in [0.3, 0.4) is 0 Å². The zero-order valence-electron chi connectivity index (χ0n) is 12.1. The summed E-state index contributed by atoms with van der Waals surface area (Å²) in [4.78, 5) is 22.6. The van der Waals surface area contributed by atoms with Crippen LogP contribution in [0.2, 0.25) is 0 Å². The molecule has 6 nitrogen and oxygen atoms in total. The first-order valence-corrected chi connectivity index (χ1v) is 7.34. The first-order valence-electron chi connectivity index (χ1n) is 7.34. The van der Waals surface area contributed by atoms with E-state index in [1.807, 2.05) is 0 Å². The molecule has 0 aromatic carbocycles. The Bertz CT molecular complexity index is 256. The highest BCUT2D eigenvalue weighted by molar-refractivity contribution is 5.83. The van der Waals surface area contributed by atoms with Gasteiger partial charge >= 0.3 is 0 Å². The number of rotatable bonds is 13. The van der Waals surface area contributed by atoms with Gasteiger partial charge in [-0.05, 0) is 12.8 Å². The lowest BCUT2D eigenvalue weighted by molar-refractivity contribution is -0.127. The molecule has 6 N–H and O–H groups in total. The molecule has 0 saturated carbocycles. The van der Waals surface area contributed by atoms with Gasteiger partial charge in [0, 0.05) is 25.9 Å². The summed E-state index contributed by atoms with van der Waals surface area (Å²) in [5, 5.41) is 18.4. The number of nitrogens with two attached hydrogens (primary N) is 2. The number of carbonyl (C=O) groups is 2. The molecule has 0 aliphatic carbocycles. The minimum absolute atomic E-state index is 0.0124. The smallest absolute Gasteiger partial charge is 0.162 e. The average Bonchev–Trinajstić information content (AvgIpc) is 2.47. The van der Waals surface area contributed by atoms with Gasteiger partial charge in [-0.1, -0.05) is 25.7 Å². The maximum Gasteiger partial charge on any atom is 0.162 e. The number of hydrogen-bond donors (Lipinski definition) is 4. The molecule has 2 atom stereocenters. The zero-order valence-corrected chi connectivity index (χ0v) is 12.1. The summed E-state index contributed by atoms with van der Waals surface area (Å²) >= 11 is 0. The summed E-state index contributed by atoms with van der Waals surface area (Å²) < 4.78 is 0. The van der Waals surface area contributed by atoms with Gasteiger partial charge in [-0.2, -0.15) is 0 Å². The molecule has 0 aliphatic rings. The molecule has 0 bridgehead atoms. The zero-order chi connectivity index (χ0) is 15.4. The van der Waals surface area contributed by atoms with Gasteiger partial charge in [0.25, 0.3) is 0 Å². The highest BCUT2D eigenvalue weighted by atomic mass is 16.3. The van der Waals surface area contributed by atoms with E-state index in [-0.39, 0.29) is 24.7 Å². The van der Waals surface area contributed by atoms with Crippen LogP contribution in [0.15, 0.2) is 0 Å². The first kappa shape index (κ1) is 19.2. The first-order chi connectivity index (χ1) is 9.52. The molecule has 0 rings (SSSR count). The second kappa shape index (κ2) is 12.0. The fourth-order valence-corrected chi connectivity index (χ4v) is 1.90. The van der Waals surface area contributed by atoms with Crippen LogP contribution in [-0.4, -0.2) is 47.1 Å². The van der Waals surface area contributed by atoms with Crippen LogP contribution >= 0.6 is 0 Å². The molecule has 0 saturated heterocycles. The molecule has 6 heteroatoms. The Morgan fingerprint density at radius 1 is 0.700 bits per heavy atom. The molecule has 0 fully saturated rings. The predicted octanol–water partition coefficient (Wildman–Crippen LogP) is -0.115. The van der Waals surface area contributed by atoms with Crippen molar-refractivity contribution < 1.29 is 19.8 Å². The van der Waals surface area contributed by atoms with Crippen LogP contribution in [0.4, 0.5) is 0 Å². The summed E-state index contributed by atoms with van der Waals surface area (Å²) in [6.07, 6.45) is 4.11. The molecule has 0 aliphatic heterocycles. The second-order valence-electron chi connectivity index (χ2n) is 5.06. The molecule has 20 heavy (non-hydrogen) atoms. The van der Waals surface area contributed by atoms with Crippen molar-refractivity contribution in [2.24, 2.45) is 11.5 Å². The molecular formula is C14H28N2O4. The van der Waals surface area contributed by atoms with Crippen molar-refractivity contribution in [3.8, 4) is 0 Å². The maximum absolute atomic E-state index is 11.3. The van der Waals surface area contributed by atoms with Crippen LogP contribution in [-0.2, 0) is 9.59 Å². The quantitative estimate of drug-likeness (QED) is 0.350.